The number of hydrogen-bond acceptors (Lipinski definition) is 3. The van der Waals surface area contributed by atoms with Crippen LogP contribution in [0.4, 0.5) is 16.3 Å². The van der Waals surface area contributed by atoms with E-state index >= 15 is 0 Å². The number of carbonyl (C=O) groups excluding carboxylic acids is 1. The van der Waals surface area contributed by atoms with Gasteiger partial charge >= 0.3 is 6.03 Å². The molecule has 20 heavy (non-hydrogen) atoms. The van der Waals surface area contributed by atoms with Crippen molar-refractivity contribution >= 4 is 40.7 Å². The summed E-state index contributed by atoms with van der Waals surface area (Å²) in [6.45, 7) is 0.347. The molecule has 0 unspecified atom stereocenters. The van der Waals surface area contributed by atoms with E-state index in [9.17, 15) is 4.79 Å². The largest absolute Gasteiger partial charge is 0.326 e. The highest BCUT2D eigenvalue weighted by atomic mass is 35.5. The van der Waals surface area contributed by atoms with Crippen LogP contribution in [-0.2, 0) is 6.54 Å². The van der Waals surface area contributed by atoms with Gasteiger partial charge in [0.1, 0.15) is 5.82 Å². The lowest BCUT2D eigenvalue weighted by atomic mass is 10.2. The van der Waals surface area contributed by atoms with E-state index in [-0.39, 0.29) is 0 Å². The lowest BCUT2D eigenvalue weighted by Crippen LogP contribution is -2.20. The highest BCUT2D eigenvalue weighted by molar-refractivity contribution is 6.31. The van der Waals surface area contributed by atoms with Gasteiger partial charge in [0.2, 0.25) is 0 Å². The molecule has 0 aliphatic rings. The standard InChI is InChI=1S/C13H12Cl2N4O/c14-9-2-4-12(17-7-9)19-13(20)18-10-3-1-8(6-16)11(15)5-10/h1-5,7H,6,16H2,(H2,17,18,19,20). The first-order valence-electron chi connectivity index (χ1n) is 5.76. The van der Waals surface area contributed by atoms with Gasteiger partial charge in [0.05, 0.1) is 5.02 Å². The normalized spacial score (nSPS) is 10.2. The number of rotatable bonds is 3. The van der Waals surface area contributed by atoms with Gasteiger partial charge in [0.25, 0.3) is 0 Å². The van der Waals surface area contributed by atoms with Crippen LogP contribution in [0.25, 0.3) is 0 Å². The molecule has 104 valence electrons. The average molecular weight is 311 g/mol. The van der Waals surface area contributed by atoms with Crippen LogP contribution < -0.4 is 16.4 Å². The number of nitrogens with one attached hydrogen (secondary N) is 2. The zero-order valence-electron chi connectivity index (χ0n) is 10.4. The Morgan fingerprint density at radius 3 is 2.60 bits per heavy atom. The number of halogens is 2. The monoisotopic (exact) mass is 310 g/mol. The summed E-state index contributed by atoms with van der Waals surface area (Å²) in [7, 11) is 0. The Morgan fingerprint density at radius 1 is 1.20 bits per heavy atom. The summed E-state index contributed by atoms with van der Waals surface area (Å²) in [5.74, 6) is 0.400. The first-order valence-corrected chi connectivity index (χ1v) is 6.52. The number of anilines is 2. The van der Waals surface area contributed by atoms with Crippen LogP contribution in [0.5, 0.6) is 0 Å². The Morgan fingerprint density at radius 2 is 2.00 bits per heavy atom. The van der Waals surface area contributed by atoms with Gasteiger partial charge in [-0.15, -0.1) is 0 Å². The molecule has 5 nitrogen and oxygen atoms in total. The van der Waals surface area contributed by atoms with E-state index < -0.39 is 6.03 Å². The third kappa shape index (κ3) is 3.84. The summed E-state index contributed by atoms with van der Waals surface area (Å²) in [5, 5.41) is 6.24. The zero-order valence-corrected chi connectivity index (χ0v) is 11.9. The summed E-state index contributed by atoms with van der Waals surface area (Å²) < 4.78 is 0. The molecule has 0 saturated carbocycles. The maximum Gasteiger partial charge on any atom is 0.324 e. The Bertz CT molecular complexity index is 616. The molecule has 2 rings (SSSR count). The van der Waals surface area contributed by atoms with E-state index in [1.165, 1.54) is 6.20 Å². The number of aromatic nitrogens is 1. The molecule has 0 saturated heterocycles. The Hall–Kier alpha value is -1.82. The van der Waals surface area contributed by atoms with Gasteiger partial charge in [-0.3, -0.25) is 5.32 Å². The number of hydrogen-bond donors (Lipinski definition) is 3. The van der Waals surface area contributed by atoms with Crippen molar-refractivity contribution in [2.24, 2.45) is 5.73 Å². The first kappa shape index (κ1) is 14.6. The lowest BCUT2D eigenvalue weighted by Gasteiger charge is -2.08. The molecule has 0 aliphatic heterocycles. The Labute approximate surface area is 126 Å². The summed E-state index contributed by atoms with van der Waals surface area (Å²) in [5.41, 5.74) is 6.90. The molecule has 1 aromatic heterocycles. The highest BCUT2D eigenvalue weighted by Crippen LogP contribution is 2.20. The summed E-state index contributed by atoms with van der Waals surface area (Å²) in [6.07, 6.45) is 1.45. The van der Waals surface area contributed by atoms with Crippen molar-refractivity contribution in [1.82, 2.24) is 4.98 Å². The van der Waals surface area contributed by atoms with E-state index in [0.717, 1.165) is 5.56 Å². The number of pyridine rings is 1. The SMILES string of the molecule is NCc1ccc(NC(=O)Nc2ccc(Cl)cn2)cc1Cl. The molecule has 0 spiro atoms. The zero-order chi connectivity index (χ0) is 14.5. The second-order valence-electron chi connectivity index (χ2n) is 3.95. The molecule has 2 aromatic rings. The quantitative estimate of drug-likeness (QED) is 0.811. The minimum atomic E-state index is -0.420. The van der Waals surface area contributed by atoms with Crippen LogP contribution >= 0.6 is 23.2 Å². The molecular weight excluding hydrogens is 299 g/mol. The van der Waals surface area contributed by atoms with E-state index in [1.54, 1.807) is 30.3 Å². The van der Waals surface area contributed by atoms with Crippen LogP contribution in [0.15, 0.2) is 36.5 Å². The van der Waals surface area contributed by atoms with Crippen LogP contribution in [0.3, 0.4) is 0 Å². The van der Waals surface area contributed by atoms with Crippen molar-refractivity contribution in [3.63, 3.8) is 0 Å². The topological polar surface area (TPSA) is 80.0 Å². The molecule has 0 bridgehead atoms. The van der Waals surface area contributed by atoms with Crippen molar-refractivity contribution in [1.29, 1.82) is 0 Å². The van der Waals surface area contributed by atoms with Crippen molar-refractivity contribution < 1.29 is 4.79 Å². The van der Waals surface area contributed by atoms with Crippen molar-refractivity contribution in [2.45, 2.75) is 6.54 Å². The maximum absolute atomic E-state index is 11.8. The minimum absolute atomic E-state index is 0.347. The second-order valence-corrected chi connectivity index (χ2v) is 4.79. The van der Waals surface area contributed by atoms with E-state index in [4.69, 9.17) is 28.9 Å². The molecule has 0 atom stereocenters. The van der Waals surface area contributed by atoms with Gasteiger partial charge in [-0.05, 0) is 29.8 Å². The van der Waals surface area contributed by atoms with Gasteiger partial charge < -0.3 is 11.1 Å². The van der Waals surface area contributed by atoms with Gasteiger partial charge in [0.15, 0.2) is 0 Å². The van der Waals surface area contributed by atoms with Crippen molar-refractivity contribution in [3.05, 3.63) is 52.1 Å². The highest BCUT2D eigenvalue weighted by Gasteiger charge is 2.05. The van der Waals surface area contributed by atoms with E-state index in [1.807, 2.05) is 0 Å². The number of urea groups is 1. The van der Waals surface area contributed by atoms with Crippen LogP contribution in [0, 0.1) is 0 Å². The molecule has 0 aliphatic carbocycles. The third-order valence-electron chi connectivity index (χ3n) is 2.50. The van der Waals surface area contributed by atoms with Gasteiger partial charge in [-0.1, -0.05) is 29.3 Å². The molecule has 1 heterocycles. The fourth-order valence-electron chi connectivity index (χ4n) is 1.52. The average Bonchev–Trinajstić information content (AvgIpc) is 2.41. The molecule has 1 aromatic carbocycles. The predicted octanol–water partition coefficient (Wildman–Crippen LogP) is 3.49. The predicted molar refractivity (Wildman–Crippen MR) is 81.2 cm³/mol. The molecule has 2 amide bonds. The molecule has 0 fully saturated rings. The number of nitrogens with zero attached hydrogens (tertiary/aromatic N) is 1. The van der Waals surface area contributed by atoms with Crippen molar-refractivity contribution in [3.8, 4) is 0 Å². The minimum Gasteiger partial charge on any atom is -0.326 e. The van der Waals surface area contributed by atoms with Crippen molar-refractivity contribution in [2.75, 3.05) is 10.6 Å². The van der Waals surface area contributed by atoms with Crippen LogP contribution in [0.1, 0.15) is 5.56 Å². The number of nitrogens with two attached hydrogens (primary N) is 1. The molecule has 7 heteroatoms. The number of amides is 2. The summed E-state index contributed by atoms with van der Waals surface area (Å²) in [4.78, 5) is 15.7. The summed E-state index contributed by atoms with van der Waals surface area (Å²) >= 11 is 11.7. The van der Waals surface area contributed by atoms with Gasteiger partial charge in [-0.25, -0.2) is 9.78 Å². The molecule has 4 N–H and O–H groups in total. The maximum atomic E-state index is 11.8. The van der Waals surface area contributed by atoms with E-state index in [2.05, 4.69) is 15.6 Å². The first-order chi connectivity index (χ1) is 9.58. The number of benzene rings is 1. The lowest BCUT2D eigenvalue weighted by molar-refractivity contribution is 0.262. The van der Waals surface area contributed by atoms with Gasteiger partial charge in [0, 0.05) is 23.5 Å². The number of carbonyl (C=O) groups is 1. The van der Waals surface area contributed by atoms with Crippen LogP contribution in [-0.4, -0.2) is 11.0 Å². The fourth-order valence-corrected chi connectivity index (χ4v) is 1.89. The molecular formula is C13H12Cl2N4O. The van der Waals surface area contributed by atoms with E-state index in [0.29, 0.717) is 28.1 Å². The third-order valence-corrected chi connectivity index (χ3v) is 3.08. The molecule has 0 radical (unpaired) electrons. The van der Waals surface area contributed by atoms with Crippen LogP contribution in [0.2, 0.25) is 10.0 Å². The smallest absolute Gasteiger partial charge is 0.324 e. The Balaban J connectivity index is 2.01. The summed E-state index contributed by atoms with van der Waals surface area (Å²) in [6, 6.07) is 7.94. The Kier molecular flexibility index (Phi) is 4.79. The van der Waals surface area contributed by atoms with Gasteiger partial charge in [-0.2, -0.15) is 0 Å². The fraction of sp³-hybridized carbons (Fsp3) is 0.0769. The second kappa shape index (κ2) is 6.56.